The van der Waals surface area contributed by atoms with Crippen molar-refractivity contribution in [2.45, 2.75) is 10.9 Å². The number of benzene rings is 1. The highest BCUT2D eigenvalue weighted by molar-refractivity contribution is 9.10. The number of nitrogens with one attached hydrogen (secondary N) is 1. The van der Waals surface area contributed by atoms with Crippen LogP contribution in [0.1, 0.15) is 5.76 Å². The topological polar surface area (TPSA) is 60.2 Å². The van der Waals surface area contributed by atoms with E-state index in [1.807, 2.05) is 36.4 Å². The third-order valence-corrected chi connectivity index (χ3v) is 5.25. The largest absolute Gasteiger partial charge is 0.493 e. The van der Waals surface area contributed by atoms with Gasteiger partial charge in [-0.15, -0.1) is 10.2 Å². The lowest BCUT2D eigenvalue weighted by Gasteiger charge is -2.04. The molecule has 5 nitrogen and oxygen atoms in total. The second-order valence-electron chi connectivity index (χ2n) is 4.46. The summed E-state index contributed by atoms with van der Waals surface area (Å²) in [4.78, 5) is 0. The van der Waals surface area contributed by atoms with E-state index in [4.69, 9.17) is 9.15 Å². The average Bonchev–Trinajstić information content (AvgIpc) is 3.21. The van der Waals surface area contributed by atoms with Crippen LogP contribution in [0.2, 0.25) is 0 Å². The fourth-order valence-corrected chi connectivity index (χ4v) is 3.77. The Labute approximate surface area is 150 Å². The summed E-state index contributed by atoms with van der Waals surface area (Å²) in [7, 11) is 0. The number of thioether (sulfide) groups is 1. The fraction of sp³-hybridized carbons (Fsp3) is 0.200. The molecule has 0 saturated heterocycles. The van der Waals surface area contributed by atoms with Crippen molar-refractivity contribution in [3.05, 3.63) is 52.9 Å². The van der Waals surface area contributed by atoms with Crippen molar-refractivity contribution < 1.29 is 9.15 Å². The van der Waals surface area contributed by atoms with E-state index in [1.54, 1.807) is 18.0 Å². The molecule has 0 radical (unpaired) electrons. The molecule has 0 spiro atoms. The van der Waals surface area contributed by atoms with Crippen LogP contribution < -0.4 is 10.1 Å². The Morgan fingerprint density at radius 3 is 3.04 bits per heavy atom. The Morgan fingerprint density at radius 2 is 2.22 bits per heavy atom. The number of hydrogen-bond donors (Lipinski definition) is 1. The van der Waals surface area contributed by atoms with E-state index in [1.165, 1.54) is 11.3 Å². The van der Waals surface area contributed by atoms with Gasteiger partial charge in [0.2, 0.25) is 5.13 Å². The molecular formula is C15H14BrN3O2S2. The van der Waals surface area contributed by atoms with Crippen LogP contribution in [0.4, 0.5) is 5.13 Å². The zero-order valence-corrected chi connectivity index (χ0v) is 15.3. The first kappa shape index (κ1) is 16.4. The molecule has 2 heterocycles. The predicted molar refractivity (Wildman–Crippen MR) is 96.3 cm³/mol. The number of ether oxygens (including phenoxy) is 1. The van der Waals surface area contributed by atoms with Gasteiger partial charge in [0.05, 0.1) is 19.4 Å². The Bertz CT molecular complexity index is 734. The second kappa shape index (κ2) is 8.37. The van der Waals surface area contributed by atoms with Gasteiger partial charge in [0, 0.05) is 10.2 Å². The highest BCUT2D eigenvalue weighted by Crippen LogP contribution is 2.26. The molecule has 3 rings (SSSR count). The molecule has 0 saturated carbocycles. The Morgan fingerprint density at radius 1 is 1.26 bits per heavy atom. The maximum absolute atomic E-state index is 5.69. The lowest BCUT2D eigenvalue weighted by Crippen LogP contribution is -1.99. The van der Waals surface area contributed by atoms with Gasteiger partial charge >= 0.3 is 0 Å². The minimum absolute atomic E-state index is 0.609. The monoisotopic (exact) mass is 411 g/mol. The van der Waals surface area contributed by atoms with Crippen molar-refractivity contribution in [3.63, 3.8) is 0 Å². The first-order valence-corrected chi connectivity index (χ1v) is 9.50. The van der Waals surface area contributed by atoms with Crippen LogP contribution in [0, 0.1) is 0 Å². The minimum Gasteiger partial charge on any atom is -0.493 e. The summed E-state index contributed by atoms with van der Waals surface area (Å²) in [6, 6.07) is 11.6. The molecule has 0 fully saturated rings. The smallest absolute Gasteiger partial charge is 0.206 e. The summed E-state index contributed by atoms with van der Waals surface area (Å²) in [6.45, 7) is 1.23. The van der Waals surface area contributed by atoms with Crippen molar-refractivity contribution >= 4 is 44.2 Å². The van der Waals surface area contributed by atoms with Crippen molar-refractivity contribution in [1.82, 2.24) is 10.2 Å². The van der Waals surface area contributed by atoms with Gasteiger partial charge in [-0.2, -0.15) is 0 Å². The van der Waals surface area contributed by atoms with E-state index in [2.05, 4.69) is 31.4 Å². The molecule has 120 valence electrons. The van der Waals surface area contributed by atoms with Crippen molar-refractivity contribution in [3.8, 4) is 5.75 Å². The normalized spacial score (nSPS) is 10.7. The number of aromatic nitrogens is 2. The van der Waals surface area contributed by atoms with Crippen LogP contribution in [-0.4, -0.2) is 22.6 Å². The summed E-state index contributed by atoms with van der Waals surface area (Å²) >= 11 is 6.59. The first-order valence-electron chi connectivity index (χ1n) is 6.90. The quantitative estimate of drug-likeness (QED) is 0.428. The zero-order chi connectivity index (χ0) is 15.9. The molecule has 23 heavy (non-hydrogen) atoms. The van der Waals surface area contributed by atoms with Crippen LogP contribution in [0.5, 0.6) is 5.75 Å². The maximum atomic E-state index is 5.69. The molecule has 0 atom stereocenters. The number of hydrogen-bond acceptors (Lipinski definition) is 7. The molecule has 0 amide bonds. The van der Waals surface area contributed by atoms with Gasteiger partial charge in [-0.1, -0.05) is 45.1 Å². The fourth-order valence-electron chi connectivity index (χ4n) is 1.76. The number of rotatable bonds is 8. The summed E-state index contributed by atoms with van der Waals surface area (Å²) in [5.74, 6) is 2.55. The molecule has 0 unspecified atom stereocenters. The third kappa shape index (κ3) is 5.26. The summed E-state index contributed by atoms with van der Waals surface area (Å²) in [5, 5.41) is 12.2. The van der Waals surface area contributed by atoms with Crippen LogP contribution >= 0.6 is 39.0 Å². The van der Waals surface area contributed by atoms with Crippen LogP contribution in [0.3, 0.4) is 0 Å². The Kier molecular flexibility index (Phi) is 5.95. The predicted octanol–water partition coefficient (Wildman–Crippen LogP) is 4.68. The lowest BCUT2D eigenvalue weighted by atomic mass is 10.3. The lowest BCUT2D eigenvalue weighted by molar-refractivity contribution is 0.344. The van der Waals surface area contributed by atoms with E-state index < -0.39 is 0 Å². The highest BCUT2D eigenvalue weighted by atomic mass is 79.9. The van der Waals surface area contributed by atoms with E-state index in [-0.39, 0.29) is 0 Å². The molecule has 0 aliphatic heterocycles. The molecule has 0 aliphatic carbocycles. The second-order valence-corrected chi connectivity index (χ2v) is 7.70. The van der Waals surface area contributed by atoms with Crippen LogP contribution in [-0.2, 0) is 6.54 Å². The van der Waals surface area contributed by atoms with Gasteiger partial charge < -0.3 is 14.5 Å². The summed E-state index contributed by atoms with van der Waals surface area (Å²) in [6.07, 6.45) is 1.66. The Balaban J connectivity index is 1.39. The van der Waals surface area contributed by atoms with E-state index in [0.717, 1.165) is 31.2 Å². The number of halogens is 1. The third-order valence-electron chi connectivity index (χ3n) is 2.77. The zero-order valence-electron chi connectivity index (χ0n) is 12.1. The molecule has 8 heteroatoms. The van der Waals surface area contributed by atoms with Crippen LogP contribution in [0.15, 0.2) is 55.9 Å². The van der Waals surface area contributed by atoms with E-state index >= 15 is 0 Å². The standard InChI is InChI=1S/C15H14BrN3O2S2/c16-11-3-1-4-12(9-11)21-7-8-22-15-19-18-14(23-15)17-10-13-5-2-6-20-13/h1-6,9H,7-8,10H2,(H,17,18). The van der Waals surface area contributed by atoms with Gasteiger partial charge in [-0.05, 0) is 30.3 Å². The van der Waals surface area contributed by atoms with Gasteiger partial charge in [-0.3, -0.25) is 0 Å². The maximum Gasteiger partial charge on any atom is 0.206 e. The average molecular weight is 412 g/mol. The molecule has 1 N–H and O–H groups in total. The van der Waals surface area contributed by atoms with Crippen molar-refractivity contribution in [1.29, 1.82) is 0 Å². The molecule has 3 aromatic rings. The molecule has 1 aromatic carbocycles. The first-order chi connectivity index (χ1) is 11.3. The van der Waals surface area contributed by atoms with E-state index in [0.29, 0.717) is 13.2 Å². The van der Waals surface area contributed by atoms with Gasteiger partial charge in [0.25, 0.3) is 0 Å². The SMILES string of the molecule is Brc1cccc(OCCSc2nnc(NCc3ccco3)s2)c1. The summed E-state index contributed by atoms with van der Waals surface area (Å²) < 4.78 is 12.9. The molecular weight excluding hydrogens is 398 g/mol. The molecule has 2 aromatic heterocycles. The number of anilines is 1. The minimum atomic E-state index is 0.609. The molecule has 0 bridgehead atoms. The van der Waals surface area contributed by atoms with E-state index in [9.17, 15) is 0 Å². The van der Waals surface area contributed by atoms with Crippen LogP contribution in [0.25, 0.3) is 0 Å². The van der Waals surface area contributed by atoms with Crippen molar-refractivity contribution in [2.24, 2.45) is 0 Å². The van der Waals surface area contributed by atoms with Gasteiger partial charge in [0.15, 0.2) is 4.34 Å². The molecule has 0 aliphatic rings. The summed E-state index contributed by atoms with van der Waals surface area (Å²) in [5.41, 5.74) is 0. The Hall–Kier alpha value is -1.51. The van der Waals surface area contributed by atoms with Gasteiger partial charge in [0.1, 0.15) is 11.5 Å². The highest BCUT2D eigenvalue weighted by Gasteiger charge is 2.05. The van der Waals surface area contributed by atoms with Gasteiger partial charge in [-0.25, -0.2) is 0 Å². The van der Waals surface area contributed by atoms with Crippen molar-refractivity contribution in [2.75, 3.05) is 17.7 Å². The number of nitrogens with zero attached hydrogens (tertiary/aromatic N) is 2. The number of furan rings is 1.